The number of amides is 1. The van der Waals surface area contributed by atoms with E-state index in [9.17, 15) is 14.9 Å². The molecular weight excluding hydrogens is 260 g/mol. The first-order valence-corrected chi connectivity index (χ1v) is 6.17. The number of hydrogen-bond acceptors (Lipinski definition) is 4. The lowest BCUT2D eigenvalue weighted by Crippen LogP contribution is -2.28. The molecule has 1 N–H and O–H groups in total. The lowest BCUT2D eigenvalue weighted by Gasteiger charge is -2.08. The SMILES string of the molecule is C=C(C)COCCNC(=O)c1cccc([N+](=O)[O-])c1C. The van der Waals surface area contributed by atoms with Crippen molar-refractivity contribution in [2.45, 2.75) is 13.8 Å². The summed E-state index contributed by atoms with van der Waals surface area (Å²) in [7, 11) is 0. The lowest BCUT2D eigenvalue weighted by atomic mass is 10.1. The summed E-state index contributed by atoms with van der Waals surface area (Å²) in [6.07, 6.45) is 0. The Balaban J connectivity index is 2.58. The number of nitrogens with zero attached hydrogens (tertiary/aromatic N) is 1. The van der Waals surface area contributed by atoms with Crippen molar-refractivity contribution in [3.05, 3.63) is 51.6 Å². The Kier molecular flexibility index (Phi) is 5.86. The van der Waals surface area contributed by atoms with E-state index in [0.29, 0.717) is 30.9 Å². The van der Waals surface area contributed by atoms with Crippen LogP contribution >= 0.6 is 0 Å². The van der Waals surface area contributed by atoms with Crippen LogP contribution in [-0.4, -0.2) is 30.6 Å². The molecule has 1 aromatic rings. The summed E-state index contributed by atoms with van der Waals surface area (Å²) in [5.41, 5.74) is 1.51. The third-order valence-corrected chi connectivity index (χ3v) is 2.63. The largest absolute Gasteiger partial charge is 0.375 e. The highest BCUT2D eigenvalue weighted by molar-refractivity contribution is 5.96. The van der Waals surface area contributed by atoms with Crippen molar-refractivity contribution in [2.24, 2.45) is 0 Å². The normalized spacial score (nSPS) is 10.1. The molecule has 0 atom stereocenters. The predicted molar refractivity (Wildman–Crippen MR) is 75.8 cm³/mol. The maximum atomic E-state index is 11.9. The molecule has 0 aromatic heterocycles. The molecule has 6 nitrogen and oxygen atoms in total. The Morgan fingerprint density at radius 3 is 2.80 bits per heavy atom. The maximum Gasteiger partial charge on any atom is 0.273 e. The van der Waals surface area contributed by atoms with Crippen LogP contribution < -0.4 is 5.32 Å². The van der Waals surface area contributed by atoms with Crippen LogP contribution in [-0.2, 0) is 4.74 Å². The zero-order chi connectivity index (χ0) is 15.1. The van der Waals surface area contributed by atoms with Gasteiger partial charge in [-0.1, -0.05) is 18.2 Å². The highest BCUT2D eigenvalue weighted by atomic mass is 16.6. The molecule has 1 amide bonds. The van der Waals surface area contributed by atoms with E-state index in [1.54, 1.807) is 13.0 Å². The fraction of sp³-hybridized carbons (Fsp3) is 0.357. The number of nitro benzene ring substituents is 1. The van der Waals surface area contributed by atoms with Crippen LogP contribution in [0.2, 0.25) is 0 Å². The summed E-state index contributed by atoms with van der Waals surface area (Å²) in [4.78, 5) is 22.2. The molecule has 0 aliphatic carbocycles. The molecule has 0 spiro atoms. The van der Waals surface area contributed by atoms with Crippen LogP contribution in [0, 0.1) is 17.0 Å². The molecule has 0 saturated carbocycles. The van der Waals surface area contributed by atoms with Crippen molar-refractivity contribution >= 4 is 11.6 Å². The predicted octanol–water partition coefficient (Wildman–Crippen LogP) is 2.23. The second kappa shape index (κ2) is 7.40. The van der Waals surface area contributed by atoms with E-state index in [1.165, 1.54) is 12.1 Å². The van der Waals surface area contributed by atoms with Gasteiger partial charge in [0, 0.05) is 23.7 Å². The van der Waals surface area contributed by atoms with Gasteiger partial charge in [-0.3, -0.25) is 14.9 Å². The summed E-state index contributed by atoms with van der Waals surface area (Å²) in [5.74, 6) is -0.342. The third kappa shape index (κ3) is 4.47. The fourth-order valence-corrected chi connectivity index (χ4v) is 1.65. The van der Waals surface area contributed by atoms with Gasteiger partial charge in [0.15, 0.2) is 0 Å². The highest BCUT2D eigenvalue weighted by Crippen LogP contribution is 2.20. The van der Waals surface area contributed by atoms with Crippen LogP contribution in [0.25, 0.3) is 0 Å². The molecular formula is C14H18N2O4. The molecule has 6 heteroatoms. The van der Waals surface area contributed by atoms with E-state index in [4.69, 9.17) is 4.74 Å². The number of nitro groups is 1. The minimum absolute atomic E-state index is 0.0591. The fourth-order valence-electron chi connectivity index (χ4n) is 1.65. The van der Waals surface area contributed by atoms with Crippen LogP contribution in [0.4, 0.5) is 5.69 Å². The van der Waals surface area contributed by atoms with Gasteiger partial charge < -0.3 is 10.1 Å². The molecule has 108 valence electrons. The minimum atomic E-state index is -0.498. The summed E-state index contributed by atoms with van der Waals surface area (Å²) in [6, 6.07) is 4.44. The molecule has 1 rings (SSSR count). The van der Waals surface area contributed by atoms with E-state index in [0.717, 1.165) is 5.57 Å². The molecule has 0 bridgehead atoms. The van der Waals surface area contributed by atoms with Crippen LogP contribution in [0.5, 0.6) is 0 Å². The van der Waals surface area contributed by atoms with Gasteiger partial charge in [0.25, 0.3) is 11.6 Å². The molecule has 0 aliphatic heterocycles. The number of carbonyl (C=O) groups is 1. The molecule has 1 aromatic carbocycles. The third-order valence-electron chi connectivity index (χ3n) is 2.63. The number of benzene rings is 1. The van der Waals surface area contributed by atoms with E-state index < -0.39 is 4.92 Å². The molecule has 0 saturated heterocycles. The Bertz CT molecular complexity index is 526. The maximum absolute atomic E-state index is 11.9. The smallest absolute Gasteiger partial charge is 0.273 e. The van der Waals surface area contributed by atoms with Gasteiger partial charge in [-0.05, 0) is 19.9 Å². The first-order chi connectivity index (χ1) is 9.43. The molecule has 0 aliphatic rings. The van der Waals surface area contributed by atoms with Crippen molar-refractivity contribution in [1.82, 2.24) is 5.32 Å². The lowest BCUT2D eigenvalue weighted by molar-refractivity contribution is -0.385. The first-order valence-electron chi connectivity index (χ1n) is 6.17. The van der Waals surface area contributed by atoms with Gasteiger partial charge in [-0.15, -0.1) is 0 Å². The number of carbonyl (C=O) groups excluding carboxylic acids is 1. The van der Waals surface area contributed by atoms with Crippen molar-refractivity contribution in [3.63, 3.8) is 0 Å². The summed E-state index contributed by atoms with van der Waals surface area (Å²) < 4.78 is 5.25. The summed E-state index contributed by atoms with van der Waals surface area (Å²) >= 11 is 0. The molecule has 0 radical (unpaired) electrons. The Morgan fingerprint density at radius 2 is 2.20 bits per heavy atom. The average Bonchev–Trinajstić information content (AvgIpc) is 2.37. The van der Waals surface area contributed by atoms with Crippen molar-refractivity contribution in [1.29, 1.82) is 0 Å². The van der Waals surface area contributed by atoms with Crippen LogP contribution in [0.15, 0.2) is 30.4 Å². The Labute approximate surface area is 117 Å². The van der Waals surface area contributed by atoms with Gasteiger partial charge in [0.05, 0.1) is 18.1 Å². The summed E-state index contributed by atoms with van der Waals surface area (Å²) in [6.45, 7) is 8.27. The number of hydrogen-bond donors (Lipinski definition) is 1. The number of rotatable bonds is 7. The van der Waals surface area contributed by atoms with E-state index in [2.05, 4.69) is 11.9 Å². The van der Waals surface area contributed by atoms with Crippen molar-refractivity contribution in [2.75, 3.05) is 19.8 Å². The average molecular weight is 278 g/mol. The second-order valence-electron chi connectivity index (χ2n) is 4.47. The minimum Gasteiger partial charge on any atom is -0.375 e. The molecule has 0 heterocycles. The Morgan fingerprint density at radius 1 is 1.50 bits per heavy atom. The zero-order valence-corrected chi connectivity index (χ0v) is 11.6. The van der Waals surface area contributed by atoms with Gasteiger partial charge in [-0.25, -0.2) is 0 Å². The quantitative estimate of drug-likeness (QED) is 0.359. The standard InChI is InChI=1S/C14H18N2O4/c1-10(2)9-20-8-7-15-14(17)12-5-4-6-13(11(12)3)16(18)19/h4-6H,1,7-9H2,2-3H3,(H,15,17). The van der Waals surface area contributed by atoms with Gasteiger partial charge >= 0.3 is 0 Å². The van der Waals surface area contributed by atoms with Crippen LogP contribution in [0.3, 0.4) is 0 Å². The monoisotopic (exact) mass is 278 g/mol. The van der Waals surface area contributed by atoms with Crippen LogP contribution in [0.1, 0.15) is 22.8 Å². The topological polar surface area (TPSA) is 81.5 Å². The number of nitrogens with one attached hydrogen (secondary N) is 1. The number of ether oxygens (including phenoxy) is 1. The molecule has 0 unspecified atom stereocenters. The van der Waals surface area contributed by atoms with Gasteiger partial charge in [0.2, 0.25) is 0 Å². The van der Waals surface area contributed by atoms with E-state index in [-0.39, 0.29) is 11.6 Å². The summed E-state index contributed by atoms with van der Waals surface area (Å²) in [5, 5.41) is 13.5. The van der Waals surface area contributed by atoms with E-state index in [1.807, 2.05) is 6.92 Å². The highest BCUT2D eigenvalue weighted by Gasteiger charge is 2.17. The van der Waals surface area contributed by atoms with Gasteiger partial charge in [-0.2, -0.15) is 0 Å². The van der Waals surface area contributed by atoms with Crippen molar-refractivity contribution in [3.8, 4) is 0 Å². The first kappa shape index (κ1) is 15.8. The zero-order valence-electron chi connectivity index (χ0n) is 11.6. The second-order valence-corrected chi connectivity index (χ2v) is 4.47. The molecule has 20 heavy (non-hydrogen) atoms. The van der Waals surface area contributed by atoms with E-state index >= 15 is 0 Å². The van der Waals surface area contributed by atoms with Gasteiger partial charge in [0.1, 0.15) is 0 Å². The Hall–Kier alpha value is -2.21. The van der Waals surface area contributed by atoms with Crippen molar-refractivity contribution < 1.29 is 14.5 Å². The molecule has 0 fully saturated rings.